The summed E-state index contributed by atoms with van der Waals surface area (Å²) >= 11 is 0. The molecule has 0 fully saturated rings. The molecule has 1 rings (SSSR count). The Morgan fingerprint density at radius 3 is 2.50 bits per heavy atom. The van der Waals surface area contributed by atoms with E-state index in [2.05, 4.69) is 0 Å². The Morgan fingerprint density at radius 2 is 1.94 bits per heavy atom. The molecule has 1 amide bonds. The van der Waals surface area contributed by atoms with Crippen molar-refractivity contribution in [3.63, 3.8) is 0 Å². The maximum absolute atomic E-state index is 11.7. The van der Waals surface area contributed by atoms with Gasteiger partial charge in [-0.05, 0) is 38.0 Å². The van der Waals surface area contributed by atoms with E-state index < -0.39 is 18.0 Å². The minimum absolute atomic E-state index is 0.466. The predicted octanol–water partition coefficient (Wildman–Crippen LogP) is 1.33. The second kappa shape index (κ2) is 4.79. The molecule has 86 valence electrons. The van der Waals surface area contributed by atoms with Crippen molar-refractivity contribution >= 4 is 11.9 Å². The zero-order valence-electron chi connectivity index (χ0n) is 9.61. The Morgan fingerprint density at radius 1 is 1.31 bits per heavy atom. The number of carbonyl (C=O) groups excluding carboxylic acids is 2. The zero-order valence-corrected chi connectivity index (χ0v) is 9.61. The number of nitrogens with two attached hydrogens (primary N) is 1. The number of amides is 1. The fourth-order valence-corrected chi connectivity index (χ4v) is 1.25. The van der Waals surface area contributed by atoms with Crippen LogP contribution in [0.3, 0.4) is 0 Å². The van der Waals surface area contributed by atoms with Crippen LogP contribution >= 0.6 is 0 Å². The van der Waals surface area contributed by atoms with Gasteiger partial charge in [-0.3, -0.25) is 4.79 Å². The van der Waals surface area contributed by atoms with Crippen LogP contribution in [0.25, 0.3) is 0 Å². The van der Waals surface area contributed by atoms with Gasteiger partial charge in [0, 0.05) is 0 Å². The monoisotopic (exact) mass is 221 g/mol. The minimum Gasteiger partial charge on any atom is -0.449 e. The highest BCUT2D eigenvalue weighted by molar-refractivity contribution is 5.93. The maximum Gasteiger partial charge on any atom is 0.339 e. The summed E-state index contributed by atoms with van der Waals surface area (Å²) in [5.74, 6) is -1.17. The molecular formula is C12H15NO3. The number of benzene rings is 1. The molecule has 0 spiro atoms. The lowest BCUT2D eigenvalue weighted by molar-refractivity contribution is -0.125. The van der Waals surface area contributed by atoms with Crippen LogP contribution in [0, 0.1) is 13.8 Å². The Labute approximate surface area is 94.4 Å². The van der Waals surface area contributed by atoms with Gasteiger partial charge < -0.3 is 10.5 Å². The summed E-state index contributed by atoms with van der Waals surface area (Å²) in [6.07, 6.45) is -0.910. The summed E-state index contributed by atoms with van der Waals surface area (Å²) in [7, 11) is 0. The van der Waals surface area contributed by atoms with Crippen molar-refractivity contribution in [2.45, 2.75) is 26.9 Å². The average Bonchev–Trinajstić information content (AvgIpc) is 2.21. The van der Waals surface area contributed by atoms with Gasteiger partial charge in [-0.15, -0.1) is 0 Å². The number of esters is 1. The predicted molar refractivity (Wildman–Crippen MR) is 60.0 cm³/mol. The molecule has 0 radical (unpaired) electrons. The molecule has 0 heterocycles. The molecule has 0 saturated carbocycles. The third kappa shape index (κ3) is 2.59. The lowest BCUT2D eigenvalue weighted by atomic mass is 10.0. The van der Waals surface area contributed by atoms with Gasteiger partial charge in [-0.25, -0.2) is 4.79 Å². The van der Waals surface area contributed by atoms with E-state index >= 15 is 0 Å². The lowest BCUT2D eigenvalue weighted by Crippen LogP contribution is -2.30. The summed E-state index contributed by atoms with van der Waals surface area (Å²) in [4.78, 5) is 22.5. The molecule has 0 aromatic heterocycles. The van der Waals surface area contributed by atoms with E-state index in [9.17, 15) is 9.59 Å². The smallest absolute Gasteiger partial charge is 0.339 e. The van der Waals surface area contributed by atoms with Crippen molar-refractivity contribution in [2.75, 3.05) is 0 Å². The molecule has 4 nitrogen and oxygen atoms in total. The third-order valence-electron chi connectivity index (χ3n) is 2.51. The standard InChI is InChI=1S/C12H15NO3/c1-7-5-4-6-10(8(7)2)12(15)16-9(3)11(13)14/h4-6,9H,1-3H3,(H2,13,14)/t9-/m0/s1. The van der Waals surface area contributed by atoms with Gasteiger partial charge in [0.1, 0.15) is 0 Å². The quantitative estimate of drug-likeness (QED) is 0.783. The number of hydrogen-bond donors (Lipinski definition) is 1. The van der Waals surface area contributed by atoms with Crippen molar-refractivity contribution in [1.82, 2.24) is 0 Å². The maximum atomic E-state index is 11.7. The summed E-state index contributed by atoms with van der Waals surface area (Å²) in [6.45, 7) is 5.19. The average molecular weight is 221 g/mol. The van der Waals surface area contributed by atoms with E-state index in [1.54, 1.807) is 12.1 Å². The van der Waals surface area contributed by atoms with Crippen LogP contribution in [-0.2, 0) is 9.53 Å². The number of primary amides is 1. The first kappa shape index (κ1) is 12.2. The van der Waals surface area contributed by atoms with Crippen LogP contribution in [0.2, 0.25) is 0 Å². The second-order valence-corrected chi connectivity index (χ2v) is 3.70. The van der Waals surface area contributed by atoms with Gasteiger partial charge in [0.2, 0.25) is 0 Å². The lowest BCUT2D eigenvalue weighted by Gasteiger charge is -2.11. The van der Waals surface area contributed by atoms with Crippen molar-refractivity contribution in [3.8, 4) is 0 Å². The van der Waals surface area contributed by atoms with Gasteiger partial charge in [-0.1, -0.05) is 12.1 Å². The first-order valence-corrected chi connectivity index (χ1v) is 5.00. The Kier molecular flexibility index (Phi) is 3.66. The summed E-state index contributed by atoms with van der Waals surface area (Å²) in [6, 6.07) is 5.34. The fourth-order valence-electron chi connectivity index (χ4n) is 1.25. The fraction of sp³-hybridized carbons (Fsp3) is 0.333. The molecule has 0 aliphatic heterocycles. The molecule has 0 aliphatic carbocycles. The minimum atomic E-state index is -0.910. The number of hydrogen-bond acceptors (Lipinski definition) is 3. The molecule has 0 aliphatic rings. The van der Waals surface area contributed by atoms with Gasteiger partial charge >= 0.3 is 5.97 Å². The highest BCUT2D eigenvalue weighted by Crippen LogP contribution is 2.14. The first-order valence-electron chi connectivity index (χ1n) is 5.00. The van der Waals surface area contributed by atoms with Crippen LogP contribution in [0.15, 0.2) is 18.2 Å². The van der Waals surface area contributed by atoms with Crippen molar-refractivity contribution in [2.24, 2.45) is 5.73 Å². The summed E-state index contributed by atoms with van der Waals surface area (Å²) < 4.78 is 4.92. The molecule has 16 heavy (non-hydrogen) atoms. The van der Waals surface area contributed by atoms with Crippen molar-refractivity contribution < 1.29 is 14.3 Å². The largest absolute Gasteiger partial charge is 0.449 e. The highest BCUT2D eigenvalue weighted by atomic mass is 16.5. The van der Waals surface area contributed by atoms with Crippen molar-refractivity contribution in [3.05, 3.63) is 34.9 Å². The van der Waals surface area contributed by atoms with Crippen LogP contribution in [0.1, 0.15) is 28.4 Å². The van der Waals surface area contributed by atoms with Gasteiger partial charge in [-0.2, -0.15) is 0 Å². The molecule has 0 bridgehead atoms. The normalized spacial score (nSPS) is 11.9. The number of rotatable bonds is 3. The van der Waals surface area contributed by atoms with Crippen molar-refractivity contribution in [1.29, 1.82) is 0 Å². The molecule has 0 unspecified atom stereocenters. The molecule has 0 saturated heterocycles. The Bertz CT molecular complexity index is 426. The molecule has 1 atom stereocenters. The van der Waals surface area contributed by atoms with Crippen LogP contribution in [0.4, 0.5) is 0 Å². The van der Waals surface area contributed by atoms with Gasteiger partial charge in [0.05, 0.1) is 5.56 Å². The molecular weight excluding hydrogens is 206 g/mol. The van der Waals surface area contributed by atoms with E-state index in [0.29, 0.717) is 5.56 Å². The molecule has 2 N–H and O–H groups in total. The SMILES string of the molecule is Cc1cccc(C(=O)O[C@@H](C)C(N)=O)c1C. The summed E-state index contributed by atoms with van der Waals surface area (Å²) in [5, 5.41) is 0. The van der Waals surface area contributed by atoms with E-state index in [-0.39, 0.29) is 0 Å². The van der Waals surface area contributed by atoms with E-state index in [0.717, 1.165) is 11.1 Å². The number of aryl methyl sites for hydroxylation is 1. The molecule has 1 aromatic rings. The topological polar surface area (TPSA) is 69.4 Å². The van der Waals surface area contributed by atoms with Crippen LogP contribution in [-0.4, -0.2) is 18.0 Å². The van der Waals surface area contributed by atoms with Gasteiger partial charge in [0.25, 0.3) is 5.91 Å². The number of carbonyl (C=O) groups is 2. The van der Waals surface area contributed by atoms with Gasteiger partial charge in [0.15, 0.2) is 6.10 Å². The zero-order chi connectivity index (χ0) is 12.3. The van der Waals surface area contributed by atoms with E-state index in [1.165, 1.54) is 6.92 Å². The first-order chi connectivity index (χ1) is 7.43. The Hall–Kier alpha value is -1.84. The summed E-state index contributed by atoms with van der Waals surface area (Å²) in [5.41, 5.74) is 7.33. The third-order valence-corrected chi connectivity index (χ3v) is 2.51. The van der Waals surface area contributed by atoms with Crippen LogP contribution in [0.5, 0.6) is 0 Å². The van der Waals surface area contributed by atoms with Crippen LogP contribution < -0.4 is 5.73 Å². The molecule has 4 heteroatoms. The number of ether oxygens (including phenoxy) is 1. The van der Waals surface area contributed by atoms with E-state index in [4.69, 9.17) is 10.5 Å². The van der Waals surface area contributed by atoms with E-state index in [1.807, 2.05) is 19.9 Å². The Balaban J connectivity index is 2.89. The highest BCUT2D eigenvalue weighted by Gasteiger charge is 2.17. The molecule has 1 aromatic carbocycles. The second-order valence-electron chi connectivity index (χ2n) is 3.70.